The molecule has 2 aromatic heterocycles. The Labute approximate surface area is 199 Å². The number of nitrogen functional groups attached to an aromatic ring is 1. The van der Waals surface area contributed by atoms with E-state index in [-0.39, 0.29) is 11.5 Å². The Bertz CT molecular complexity index is 1420. The third-order valence-electron chi connectivity index (χ3n) is 4.91. The maximum atomic E-state index is 12.2. The zero-order valence-electron chi connectivity index (χ0n) is 19.5. The van der Waals surface area contributed by atoms with Gasteiger partial charge >= 0.3 is 6.09 Å². The van der Waals surface area contributed by atoms with Gasteiger partial charge in [-0.1, -0.05) is 6.07 Å². The molecule has 0 unspecified atom stereocenters. The lowest BCUT2D eigenvalue weighted by Crippen LogP contribution is -2.27. The number of non-ortho nitro benzene ring substituents is 1. The summed E-state index contributed by atoms with van der Waals surface area (Å²) in [5.41, 5.74) is 7.97. The Kier molecular flexibility index (Phi) is 5.95. The van der Waals surface area contributed by atoms with Crippen molar-refractivity contribution in [2.24, 2.45) is 0 Å². The normalized spacial score (nSPS) is 11.3. The van der Waals surface area contributed by atoms with Crippen LogP contribution in [0.5, 0.6) is 5.75 Å². The van der Waals surface area contributed by atoms with Crippen molar-refractivity contribution in [1.82, 2.24) is 19.7 Å². The van der Waals surface area contributed by atoms with Gasteiger partial charge in [0.05, 0.1) is 28.8 Å². The molecule has 12 heteroatoms. The van der Waals surface area contributed by atoms with Crippen LogP contribution in [-0.2, 0) is 4.74 Å². The van der Waals surface area contributed by atoms with E-state index in [2.05, 4.69) is 20.4 Å². The Morgan fingerprint density at radius 1 is 1.14 bits per heavy atom. The highest BCUT2D eigenvalue weighted by molar-refractivity contribution is 5.99. The molecule has 0 aliphatic heterocycles. The van der Waals surface area contributed by atoms with Crippen LogP contribution in [0, 0.1) is 10.1 Å². The number of carbonyl (C=O) groups is 1. The summed E-state index contributed by atoms with van der Waals surface area (Å²) in [5.74, 6) is 0.593. The molecule has 0 saturated heterocycles. The van der Waals surface area contributed by atoms with Gasteiger partial charge in [-0.05, 0) is 45.0 Å². The number of aromatic nitrogens is 4. The number of ether oxygens (including phenoxy) is 2. The first-order valence-corrected chi connectivity index (χ1v) is 10.5. The van der Waals surface area contributed by atoms with E-state index in [0.717, 1.165) is 0 Å². The summed E-state index contributed by atoms with van der Waals surface area (Å²) in [7, 11) is 1.48. The number of hydrogen-bond acceptors (Lipinski definition) is 9. The predicted molar refractivity (Wildman–Crippen MR) is 130 cm³/mol. The molecule has 0 atom stereocenters. The highest BCUT2D eigenvalue weighted by atomic mass is 16.6. The van der Waals surface area contributed by atoms with E-state index in [4.69, 9.17) is 15.2 Å². The van der Waals surface area contributed by atoms with E-state index in [0.29, 0.717) is 39.4 Å². The number of fused-ring (bicyclic) bond motifs is 1. The number of carbonyl (C=O) groups excluding carboxylic acids is 1. The van der Waals surface area contributed by atoms with Crippen molar-refractivity contribution in [3.8, 4) is 22.7 Å². The molecule has 4 rings (SSSR count). The number of nitrogens with zero attached hydrogens (tertiary/aromatic N) is 5. The number of nitrogens with two attached hydrogens (primary N) is 1. The fourth-order valence-electron chi connectivity index (χ4n) is 3.43. The van der Waals surface area contributed by atoms with Crippen LogP contribution >= 0.6 is 0 Å². The van der Waals surface area contributed by atoms with Crippen molar-refractivity contribution in [3.05, 3.63) is 58.9 Å². The number of nitro groups is 1. The number of hydrogen-bond donors (Lipinski definition) is 2. The van der Waals surface area contributed by atoms with E-state index in [1.807, 2.05) is 0 Å². The first kappa shape index (κ1) is 23.4. The van der Waals surface area contributed by atoms with Crippen LogP contribution in [0.2, 0.25) is 0 Å². The second-order valence-corrected chi connectivity index (χ2v) is 8.53. The third-order valence-corrected chi connectivity index (χ3v) is 4.91. The number of amides is 1. The molecular weight excluding hydrogens is 454 g/mol. The monoisotopic (exact) mass is 477 g/mol. The van der Waals surface area contributed by atoms with Crippen molar-refractivity contribution < 1.29 is 19.2 Å². The summed E-state index contributed by atoms with van der Waals surface area (Å²) in [6.07, 6.45) is 0.702. The Balaban J connectivity index is 1.78. The van der Waals surface area contributed by atoms with Gasteiger partial charge in [-0.25, -0.2) is 19.4 Å². The van der Waals surface area contributed by atoms with Crippen molar-refractivity contribution in [3.63, 3.8) is 0 Å². The molecule has 2 heterocycles. The van der Waals surface area contributed by atoms with Crippen molar-refractivity contribution in [1.29, 1.82) is 0 Å². The minimum Gasteiger partial charge on any atom is -0.495 e. The first-order chi connectivity index (χ1) is 16.6. The van der Waals surface area contributed by atoms with Gasteiger partial charge in [0.2, 0.25) is 0 Å². The maximum Gasteiger partial charge on any atom is 0.412 e. The Morgan fingerprint density at radius 3 is 2.49 bits per heavy atom. The summed E-state index contributed by atoms with van der Waals surface area (Å²) in [6, 6.07) is 11.0. The number of benzene rings is 2. The van der Waals surface area contributed by atoms with Crippen molar-refractivity contribution in [2.45, 2.75) is 26.4 Å². The minimum atomic E-state index is -0.654. The van der Waals surface area contributed by atoms with Gasteiger partial charge in [0, 0.05) is 17.7 Å². The molecule has 1 amide bonds. The number of nitro benzene ring substituents is 1. The summed E-state index contributed by atoms with van der Waals surface area (Å²) in [5, 5.41) is 18.9. The SMILES string of the molecule is COc1cc(-c2nn(-c3ccc([N+](=O)[O-])cc3)c3ncnc(N)c23)ccc1NC(=O)OC(C)(C)C. The number of anilines is 2. The molecule has 0 aliphatic rings. The molecule has 2 aromatic carbocycles. The maximum absolute atomic E-state index is 12.2. The lowest BCUT2D eigenvalue weighted by Gasteiger charge is -2.20. The van der Waals surface area contributed by atoms with E-state index in [1.165, 1.54) is 30.3 Å². The molecule has 180 valence electrons. The zero-order chi connectivity index (χ0) is 25.3. The summed E-state index contributed by atoms with van der Waals surface area (Å²) in [4.78, 5) is 31.2. The standard InChI is InChI=1S/C23H23N7O5/c1-23(2,3)35-22(31)27-16-10-5-13(11-17(16)34-4)19-18-20(24)25-12-26-21(18)29(28-19)14-6-8-15(9-7-14)30(32)33/h5-12H,1-4H3,(H,27,31)(H2,24,25,26). The van der Waals surface area contributed by atoms with Gasteiger partial charge in [0.25, 0.3) is 5.69 Å². The van der Waals surface area contributed by atoms with Crippen LogP contribution in [0.4, 0.5) is 22.0 Å². The summed E-state index contributed by atoms with van der Waals surface area (Å²) >= 11 is 0. The molecule has 35 heavy (non-hydrogen) atoms. The molecule has 3 N–H and O–H groups in total. The highest BCUT2D eigenvalue weighted by Crippen LogP contribution is 2.36. The van der Waals surface area contributed by atoms with Crippen LogP contribution in [-0.4, -0.2) is 43.5 Å². The fraction of sp³-hybridized carbons (Fsp3) is 0.217. The second-order valence-electron chi connectivity index (χ2n) is 8.53. The quantitative estimate of drug-likeness (QED) is 0.315. The van der Waals surface area contributed by atoms with Crippen LogP contribution in [0.15, 0.2) is 48.8 Å². The average Bonchev–Trinajstić information content (AvgIpc) is 3.19. The van der Waals surface area contributed by atoms with Gasteiger partial charge in [0.1, 0.15) is 29.2 Å². The molecule has 12 nitrogen and oxygen atoms in total. The van der Waals surface area contributed by atoms with E-state index < -0.39 is 16.6 Å². The van der Waals surface area contributed by atoms with E-state index in [9.17, 15) is 14.9 Å². The van der Waals surface area contributed by atoms with E-state index >= 15 is 0 Å². The summed E-state index contributed by atoms with van der Waals surface area (Å²) in [6.45, 7) is 5.31. The smallest absolute Gasteiger partial charge is 0.412 e. The third kappa shape index (κ3) is 4.81. The second kappa shape index (κ2) is 8.89. The zero-order valence-corrected chi connectivity index (χ0v) is 19.5. The van der Waals surface area contributed by atoms with Crippen molar-refractivity contribution >= 4 is 34.3 Å². The van der Waals surface area contributed by atoms with Gasteiger partial charge in [-0.3, -0.25) is 15.4 Å². The topological polar surface area (TPSA) is 160 Å². The van der Waals surface area contributed by atoms with Crippen LogP contribution < -0.4 is 15.8 Å². The van der Waals surface area contributed by atoms with Gasteiger partial charge in [0.15, 0.2) is 5.65 Å². The largest absolute Gasteiger partial charge is 0.495 e. The molecule has 0 saturated carbocycles. The fourth-order valence-corrected chi connectivity index (χ4v) is 3.43. The molecule has 0 fully saturated rings. The van der Waals surface area contributed by atoms with Crippen LogP contribution in [0.3, 0.4) is 0 Å². The lowest BCUT2D eigenvalue weighted by molar-refractivity contribution is -0.384. The Hall–Kier alpha value is -4.74. The van der Waals surface area contributed by atoms with Gasteiger partial charge < -0.3 is 15.2 Å². The molecule has 0 bridgehead atoms. The molecular formula is C23H23N7O5. The molecule has 0 radical (unpaired) electrons. The van der Waals surface area contributed by atoms with Crippen LogP contribution in [0.1, 0.15) is 20.8 Å². The molecule has 4 aromatic rings. The van der Waals surface area contributed by atoms with Gasteiger partial charge in [-0.2, -0.15) is 5.10 Å². The van der Waals surface area contributed by atoms with Gasteiger partial charge in [-0.15, -0.1) is 0 Å². The Morgan fingerprint density at radius 2 is 1.86 bits per heavy atom. The molecule has 0 aliphatic carbocycles. The number of methoxy groups -OCH3 is 1. The number of rotatable bonds is 5. The van der Waals surface area contributed by atoms with E-state index in [1.54, 1.807) is 51.1 Å². The minimum absolute atomic E-state index is 0.0441. The first-order valence-electron chi connectivity index (χ1n) is 10.5. The van der Waals surface area contributed by atoms with Crippen LogP contribution in [0.25, 0.3) is 28.0 Å². The number of nitrogens with one attached hydrogen (secondary N) is 1. The molecule has 0 spiro atoms. The predicted octanol–water partition coefficient (Wildman–Crippen LogP) is 4.33. The lowest BCUT2D eigenvalue weighted by atomic mass is 10.1. The average molecular weight is 477 g/mol. The van der Waals surface area contributed by atoms with Crippen molar-refractivity contribution in [2.75, 3.05) is 18.2 Å². The summed E-state index contributed by atoms with van der Waals surface area (Å²) < 4.78 is 12.3. The highest BCUT2D eigenvalue weighted by Gasteiger charge is 2.21.